The number of H-pyrrole nitrogens is 1. The SMILES string of the molecule is CN[C@@H](CNCc1ccccc1OC)Cc1c[nH]c2ccccc12. The van der Waals surface area contributed by atoms with Crippen LogP contribution in [-0.4, -0.2) is 31.7 Å². The number of aromatic nitrogens is 1. The number of rotatable bonds is 8. The molecule has 3 N–H and O–H groups in total. The van der Waals surface area contributed by atoms with Gasteiger partial charge in [-0.25, -0.2) is 0 Å². The van der Waals surface area contributed by atoms with Gasteiger partial charge in [0.2, 0.25) is 0 Å². The third kappa shape index (κ3) is 3.78. The normalized spacial score (nSPS) is 12.4. The molecule has 126 valence electrons. The lowest BCUT2D eigenvalue weighted by Gasteiger charge is -2.17. The highest BCUT2D eigenvalue weighted by Gasteiger charge is 2.11. The maximum atomic E-state index is 5.40. The molecule has 0 amide bonds. The van der Waals surface area contributed by atoms with Crippen LogP contribution in [0.25, 0.3) is 10.9 Å². The molecule has 24 heavy (non-hydrogen) atoms. The summed E-state index contributed by atoms with van der Waals surface area (Å²) in [6.07, 6.45) is 3.11. The van der Waals surface area contributed by atoms with Crippen LogP contribution >= 0.6 is 0 Å². The molecule has 1 atom stereocenters. The molecule has 0 saturated heterocycles. The van der Waals surface area contributed by atoms with Gasteiger partial charge in [-0.3, -0.25) is 0 Å². The zero-order valence-electron chi connectivity index (χ0n) is 14.3. The number of benzene rings is 2. The van der Waals surface area contributed by atoms with Gasteiger partial charge >= 0.3 is 0 Å². The fourth-order valence-electron chi connectivity index (χ4n) is 3.07. The molecule has 1 aromatic heterocycles. The molecular weight excluding hydrogens is 298 g/mol. The summed E-state index contributed by atoms with van der Waals surface area (Å²) >= 11 is 0. The summed E-state index contributed by atoms with van der Waals surface area (Å²) in [7, 11) is 3.73. The number of aromatic amines is 1. The number of hydrogen-bond acceptors (Lipinski definition) is 3. The third-order valence-electron chi connectivity index (χ3n) is 4.45. The first kappa shape index (κ1) is 16.6. The predicted molar refractivity (Wildman–Crippen MR) is 99.6 cm³/mol. The summed E-state index contributed by atoms with van der Waals surface area (Å²) in [6, 6.07) is 17.0. The molecule has 0 saturated carbocycles. The van der Waals surface area contributed by atoms with E-state index in [1.54, 1.807) is 7.11 Å². The molecular formula is C20H25N3O. The van der Waals surface area contributed by atoms with E-state index in [1.807, 2.05) is 25.2 Å². The lowest BCUT2D eigenvalue weighted by molar-refractivity contribution is 0.406. The lowest BCUT2D eigenvalue weighted by Crippen LogP contribution is -2.38. The van der Waals surface area contributed by atoms with Gasteiger partial charge in [0.15, 0.2) is 0 Å². The van der Waals surface area contributed by atoms with Gasteiger partial charge in [0.25, 0.3) is 0 Å². The maximum Gasteiger partial charge on any atom is 0.123 e. The second kappa shape index (κ2) is 7.99. The van der Waals surface area contributed by atoms with E-state index in [0.717, 1.165) is 25.3 Å². The van der Waals surface area contributed by atoms with Crippen LogP contribution in [0.2, 0.25) is 0 Å². The van der Waals surface area contributed by atoms with Gasteiger partial charge < -0.3 is 20.4 Å². The van der Waals surface area contributed by atoms with Crippen LogP contribution in [0, 0.1) is 0 Å². The predicted octanol–water partition coefficient (Wildman–Crippen LogP) is 3.10. The van der Waals surface area contributed by atoms with Crippen molar-refractivity contribution < 1.29 is 4.74 Å². The van der Waals surface area contributed by atoms with Crippen LogP contribution in [0.3, 0.4) is 0 Å². The van der Waals surface area contributed by atoms with Crippen molar-refractivity contribution in [3.63, 3.8) is 0 Å². The van der Waals surface area contributed by atoms with Gasteiger partial charge in [-0.15, -0.1) is 0 Å². The van der Waals surface area contributed by atoms with Gasteiger partial charge in [0.1, 0.15) is 5.75 Å². The summed E-state index contributed by atoms with van der Waals surface area (Å²) < 4.78 is 5.40. The molecule has 1 heterocycles. The smallest absolute Gasteiger partial charge is 0.123 e. The topological polar surface area (TPSA) is 49.1 Å². The van der Waals surface area contributed by atoms with Crippen LogP contribution in [-0.2, 0) is 13.0 Å². The van der Waals surface area contributed by atoms with E-state index < -0.39 is 0 Å². The monoisotopic (exact) mass is 323 g/mol. The zero-order chi connectivity index (χ0) is 16.8. The Morgan fingerprint density at radius 1 is 1.04 bits per heavy atom. The Hall–Kier alpha value is -2.30. The molecule has 0 aliphatic rings. The largest absolute Gasteiger partial charge is 0.496 e. The van der Waals surface area contributed by atoms with Crippen molar-refractivity contribution in [1.29, 1.82) is 0 Å². The average molecular weight is 323 g/mol. The van der Waals surface area contributed by atoms with E-state index in [2.05, 4.69) is 52.1 Å². The molecule has 0 unspecified atom stereocenters. The fraction of sp³-hybridized carbons (Fsp3) is 0.300. The van der Waals surface area contributed by atoms with Crippen LogP contribution in [0.5, 0.6) is 5.75 Å². The van der Waals surface area contributed by atoms with Crippen molar-refractivity contribution in [1.82, 2.24) is 15.6 Å². The Balaban J connectivity index is 1.59. The maximum absolute atomic E-state index is 5.40. The van der Waals surface area contributed by atoms with Crippen molar-refractivity contribution in [2.75, 3.05) is 20.7 Å². The summed E-state index contributed by atoms with van der Waals surface area (Å²) in [5.74, 6) is 0.933. The summed E-state index contributed by atoms with van der Waals surface area (Å²) in [5, 5.41) is 8.26. The third-order valence-corrected chi connectivity index (χ3v) is 4.45. The van der Waals surface area contributed by atoms with Crippen molar-refractivity contribution in [2.45, 2.75) is 19.0 Å². The van der Waals surface area contributed by atoms with Crippen molar-refractivity contribution in [3.8, 4) is 5.75 Å². The minimum absolute atomic E-state index is 0.374. The van der Waals surface area contributed by atoms with Gasteiger partial charge in [-0.1, -0.05) is 36.4 Å². The van der Waals surface area contributed by atoms with Crippen LogP contribution < -0.4 is 15.4 Å². The highest BCUT2D eigenvalue weighted by Crippen LogP contribution is 2.19. The van der Waals surface area contributed by atoms with Crippen molar-refractivity contribution in [2.24, 2.45) is 0 Å². The molecule has 0 bridgehead atoms. The molecule has 2 aromatic carbocycles. The lowest BCUT2D eigenvalue weighted by atomic mass is 10.0. The van der Waals surface area contributed by atoms with E-state index in [9.17, 15) is 0 Å². The second-order valence-corrected chi connectivity index (χ2v) is 5.99. The molecule has 3 rings (SSSR count). The van der Waals surface area contributed by atoms with Crippen LogP contribution in [0.4, 0.5) is 0 Å². The number of nitrogens with one attached hydrogen (secondary N) is 3. The highest BCUT2D eigenvalue weighted by atomic mass is 16.5. The van der Waals surface area contributed by atoms with Gasteiger partial charge in [0.05, 0.1) is 7.11 Å². The molecule has 3 aromatic rings. The fourth-order valence-corrected chi connectivity index (χ4v) is 3.07. The minimum Gasteiger partial charge on any atom is -0.496 e. The molecule has 0 aliphatic heterocycles. The minimum atomic E-state index is 0.374. The molecule has 0 spiro atoms. The number of methoxy groups -OCH3 is 1. The highest BCUT2D eigenvalue weighted by molar-refractivity contribution is 5.83. The number of fused-ring (bicyclic) bond motifs is 1. The zero-order valence-corrected chi connectivity index (χ0v) is 14.3. The van der Waals surface area contributed by atoms with E-state index >= 15 is 0 Å². The Morgan fingerprint density at radius 3 is 2.67 bits per heavy atom. The standard InChI is InChI=1S/C20H25N3O/c1-21-17(11-16-13-23-19-9-5-4-8-18(16)19)14-22-12-15-7-3-6-10-20(15)24-2/h3-10,13,17,21-23H,11-12,14H2,1-2H3/t17-/m1/s1. The summed E-state index contributed by atoms with van der Waals surface area (Å²) in [6.45, 7) is 1.70. The Bertz CT molecular complexity index is 781. The summed E-state index contributed by atoms with van der Waals surface area (Å²) in [4.78, 5) is 3.35. The Kier molecular flexibility index (Phi) is 5.51. The van der Waals surface area contributed by atoms with Crippen molar-refractivity contribution >= 4 is 10.9 Å². The molecule has 4 heteroatoms. The van der Waals surface area contributed by atoms with Gasteiger partial charge in [-0.05, 0) is 31.2 Å². The number of hydrogen-bond donors (Lipinski definition) is 3. The first-order valence-electron chi connectivity index (χ1n) is 8.36. The average Bonchev–Trinajstić information content (AvgIpc) is 3.04. The number of ether oxygens (including phenoxy) is 1. The first-order valence-corrected chi connectivity index (χ1v) is 8.36. The Labute approximate surface area is 143 Å². The van der Waals surface area contributed by atoms with Gasteiger partial charge in [0, 0.05) is 41.8 Å². The summed E-state index contributed by atoms with van der Waals surface area (Å²) in [5.41, 5.74) is 3.73. The number of para-hydroxylation sites is 2. The molecule has 4 nitrogen and oxygen atoms in total. The first-order chi connectivity index (χ1) is 11.8. The second-order valence-electron chi connectivity index (χ2n) is 5.99. The molecule has 0 radical (unpaired) electrons. The Morgan fingerprint density at radius 2 is 1.83 bits per heavy atom. The van der Waals surface area contributed by atoms with Crippen LogP contribution in [0.15, 0.2) is 54.7 Å². The van der Waals surface area contributed by atoms with Gasteiger partial charge in [-0.2, -0.15) is 0 Å². The molecule has 0 fully saturated rings. The van der Waals surface area contributed by atoms with E-state index in [4.69, 9.17) is 4.74 Å². The quantitative estimate of drug-likeness (QED) is 0.597. The van der Waals surface area contributed by atoms with Crippen molar-refractivity contribution in [3.05, 3.63) is 65.9 Å². The van der Waals surface area contributed by atoms with E-state index in [1.165, 1.54) is 22.0 Å². The van der Waals surface area contributed by atoms with E-state index in [-0.39, 0.29) is 0 Å². The number of likely N-dealkylation sites (N-methyl/N-ethyl adjacent to an activating group) is 1. The van der Waals surface area contributed by atoms with Crippen LogP contribution in [0.1, 0.15) is 11.1 Å². The molecule has 0 aliphatic carbocycles. The van der Waals surface area contributed by atoms with E-state index in [0.29, 0.717) is 6.04 Å².